The molecule has 0 spiro atoms. The van der Waals surface area contributed by atoms with Crippen LogP contribution in [0, 0.1) is 10.6 Å². The summed E-state index contributed by atoms with van der Waals surface area (Å²) in [5.41, 5.74) is -1.19. The van der Waals surface area contributed by atoms with E-state index in [1.54, 1.807) is 0 Å². The monoisotopic (exact) mass is 309 g/mol. The zero-order chi connectivity index (χ0) is 12.6. The van der Waals surface area contributed by atoms with E-state index in [2.05, 4.69) is 15.9 Å². The van der Waals surface area contributed by atoms with Crippen LogP contribution in [0.15, 0.2) is 27.6 Å². The van der Waals surface area contributed by atoms with Crippen molar-refractivity contribution in [1.82, 2.24) is 0 Å². The van der Waals surface area contributed by atoms with E-state index in [0.717, 1.165) is 6.07 Å². The first kappa shape index (κ1) is 13.6. The number of nitrogens with one attached hydrogen (secondary N) is 1. The van der Waals surface area contributed by atoms with Crippen LogP contribution in [0.1, 0.15) is 13.8 Å². The van der Waals surface area contributed by atoms with Crippen LogP contribution in [0.3, 0.4) is 0 Å². The van der Waals surface area contributed by atoms with Crippen molar-refractivity contribution in [2.24, 2.45) is 0 Å². The smallest absolute Gasteiger partial charge is 0.137 e. The molecular weight excluding hydrogens is 297 g/mol. The number of halogens is 2. The lowest BCUT2D eigenvalue weighted by Gasteiger charge is -2.19. The van der Waals surface area contributed by atoms with Gasteiger partial charge >= 0.3 is 0 Å². The van der Waals surface area contributed by atoms with E-state index in [9.17, 15) is 13.7 Å². The van der Waals surface area contributed by atoms with Crippen molar-refractivity contribution in [2.75, 3.05) is 5.75 Å². The van der Waals surface area contributed by atoms with Gasteiger partial charge < -0.3 is 5.11 Å². The SMILES string of the molecule is CC(C)(O)CS(=N)(=O)c1ccc(F)c(Br)c1. The Morgan fingerprint density at radius 3 is 2.56 bits per heavy atom. The van der Waals surface area contributed by atoms with Crippen LogP contribution in [0.5, 0.6) is 0 Å². The maximum Gasteiger partial charge on any atom is 0.137 e. The predicted octanol–water partition coefficient (Wildman–Crippen LogP) is 2.76. The molecule has 0 aromatic heterocycles. The van der Waals surface area contributed by atoms with E-state index in [0.29, 0.717) is 0 Å². The molecule has 0 amide bonds. The number of hydrogen-bond donors (Lipinski definition) is 2. The Labute approximate surface area is 103 Å². The van der Waals surface area contributed by atoms with Crippen LogP contribution < -0.4 is 0 Å². The molecule has 2 N–H and O–H groups in total. The minimum absolute atomic E-state index is 0.167. The lowest BCUT2D eigenvalue weighted by molar-refractivity contribution is 0.105. The van der Waals surface area contributed by atoms with Gasteiger partial charge in [0.25, 0.3) is 0 Å². The molecule has 0 aliphatic rings. The molecule has 1 aromatic rings. The molecule has 3 nitrogen and oxygen atoms in total. The second kappa shape index (κ2) is 4.43. The largest absolute Gasteiger partial charge is 0.389 e. The van der Waals surface area contributed by atoms with Gasteiger partial charge in [-0.1, -0.05) is 0 Å². The maximum absolute atomic E-state index is 13.0. The molecule has 0 fully saturated rings. The van der Waals surface area contributed by atoms with Crippen molar-refractivity contribution in [3.05, 3.63) is 28.5 Å². The van der Waals surface area contributed by atoms with Gasteiger partial charge in [-0.15, -0.1) is 0 Å². The van der Waals surface area contributed by atoms with Crippen LogP contribution in [0.2, 0.25) is 0 Å². The molecule has 16 heavy (non-hydrogen) atoms. The van der Waals surface area contributed by atoms with Crippen molar-refractivity contribution in [1.29, 1.82) is 4.78 Å². The van der Waals surface area contributed by atoms with Gasteiger partial charge in [-0.3, -0.25) is 0 Å². The highest BCUT2D eigenvalue weighted by atomic mass is 79.9. The minimum atomic E-state index is -3.10. The summed E-state index contributed by atoms with van der Waals surface area (Å²) in [6.45, 7) is 2.97. The standard InChI is InChI=1S/C10H13BrFNO2S/c1-10(2,14)6-16(13,15)7-3-4-9(12)8(11)5-7/h3-5,13-14H,6H2,1-2H3. The fourth-order valence-corrected chi connectivity index (χ4v) is 3.55. The van der Waals surface area contributed by atoms with E-state index in [1.165, 1.54) is 26.0 Å². The van der Waals surface area contributed by atoms with Crippen molar-refractivity contribution in [3.63, 3.8) is 0 Å². The van der Waals surface area contributed by atoms with Crippen LogP contribution in [-0.4, -0.2) is 20.7 Å². The highest BCUT2D eigenvalue weighted by molar-refractivity contribution is 9.10. The summed E-state index contributed by atoms with van der Waals surface area (Å²) in [4.78, 5) is 0.211. The zero-order valence-electron chi connectivity index (χ0n) is 8.96. The fraction of sp³-hybridized carbons (Fsp3) is 0.400. The van der Waals surface area contributed by atoms with Gasteiger partial charge in [-0.25, -0.2) is 13.4 Å². The van der Waals surface area contributed by atoms with Crippen LogP contribution in [-0.2, 0) is 9.73 Å². The molecule has 0 saturated carbocycles. The Morgan fingerprint density at radius 2 is 2.12 bits per heavy atom. The van der Waals surface area contributed by atoms with Gasteiger partial charge in [0.05, 0.1) is 25.6 Å². The summed E-state index contributed by atoms with van der Waals surface area (Å²) in [7, 11) is -3.10. The minimum Gasteiger partial charge on any atom is -0.389 e. The first-order valence-electron chi connectivity index (χ1n) is 4.56. The van der Waals surface area contributed by atoms with Gasteiger partial charge in [0, 0.05) is 4.90 Å². The lowest BCUT2D eigenvalue weighted by Crippen LogP contribution is -2.29. The predicted molar refractivity (Wildman–Crippen MR) is 64.4 cm³/mol. The van der Waals surface area contributed by atoms with E-state index >= 15 is 0 Å². The first-order valence-corrected chi connectivity index (χ1v) is 7.08. The highest BCUT2D eigenvalue weighted by Crippen LogP contribution is 2.23. The van der Waals surface area contributed by atoms with Crippen molar-refractivity contribution in [2.45, 2.75) is 24.3 Å². The van der Waals surface area contributed by atoms with Crippen LogP contribution in [0.25, 0.3) is 0 Å². The highest BCUT2D eigenvalue weighted by Gasteiger charge is 2.22. The molecule has 1 aromatic carbocycles. The quantitative estimate of drug-likeness (QED) is 0.902. The lowest BCUT2D eigenvalue weighted by atomic mass is 10.2. The Kier molecular flexibility index (Phi) is 3.76. The number of benzene rings is 1. The van der Waals surface area contributed by atoms with Crippen molar-refractivity contribution >= 4 is 25.7 Å². The second-order valence-electron chi connectivity index (χ2n) is 4.21. The normalized spacial score (nSPS) is 15.8. The van der Waals surface area contributed by atoms with Gasteiger partial charge in [0.15, 0.2) is 0 Å². The van der Waals surface area contributed by atoms with E-state index in [-0.39, 0.29) is 15.1 Å². The molecule has 0 heterocycles. The average Bonchev–Trinajstić information content (AvgIpc) is 2.05. The molecule has 90 valence electrons. The molecular formula is C10H13BrFNO2S. The molecule has 0 radical (unpaired) electrons. The topological polar surface area (TPSA) is 61.1 Å². The molecule has 0 bridgehead atoms. The molecule has 6 heteroatoms. The Balaban J connectivity index is 3.13. The maximum atomic E-state index is 13.0. The van der Waals surface area contributed by atoms with Gasteiger partial charge in [0.2, 0.25) is 0 Å². The summed E-state index contributed by atoms with van der Waals surface area (Å²) in [5.74, 6) is -0.653. The molecule has 0 aliphatic heterocycles. The van der Waals surface area contributed by atoms with E-state index in [1.807, 2.05) is 0 Å². The number of aliphatic hydroxyl groups is 1. The summed E-state index contributed by atoms with van der Waals surface area (Å²) < 4.78 is 32.9. The first-order chi connectivity index (χ1) is 7.12. The summed E-state index contributed by atoms with van der Waals surface area (Å²) >= 11 is 2.97. The Bertz CT molecular complexity index is 494. The van der Waals surface area contributed by atoms with Crippen molar-refractivity contribution < 1.29 is 13.7 Å². The Hall–Kier alpha value is -0.460. The van der Waals surface area contributed by atoms with Gasteiger partial charge in [0.1, 0.15) is 5.82 Å². The molecule has 1 unspecified atom stereocenters. The third kappa shape index (κ3) is 3.54. The van der Waals surface area contributed by atoms with Gasteiger partial charge in [-0.2, -0.15) is 0 Å². The molecule has 0 aliphatic carbocycles. The molecule has 0 saturated heterocycles. The average molecular weight is 310 g/mol. The number of rotatable bonds is 3. The van der Waals surface area contributed by atoms with Crippen LogP contribution >= 0.6 is 15.9 Å². The molecule has 1 atom stereocenters. The summed E-state index contributed by atoms with van der Waals surface area (Å²) in [6, 6.07) is 3.77. The zero-order valence-corrected chi connectivity index (χ0v) is 11.4. The van der Waals surface area contributed by atoms with Crippen LogP contribution in [0.4, 0.5) is 4.39 Å². The molecule has 1 rings (SSSR count). The third-order valence-corrected chi connectivity index (χ3v) is 4.56. The third-order valence-electron chi connectivity index (χ3n) is 1.83. The summed E-state index contributed by atoms with van der Waals surface area (Å²) in [5, 5.41) is 9.55. The van der Waals surface area contributed by atoms with Gasteiger partial charge in [-0.05, 0) is 48.0 Å². The van der Waals surface area contributed by atoms with E-state index in [4.69, 9.17) is 4.78 Å². The number of hydrogen-bond acceptors (Lipinski definition) is 3. The van der Waals surface area contributed by atoms with E-state index < -0.39 is 21.1 Å². The Morgan fingerprint density at radius 1 is 1.56 bits per heavy atom. The second-order valence-corrected chi connectivity index (χ2v) is 7.17. The summed E-state index contributed by atoms with van der Waals surface area (Å²) in [6.07, 6.45) is 0. The van der Waals surface area contributed by atoms with Crippen molar-refractivity contribution in [3.8, 4) is 0 Å². The fourth-order valence-electron chi connectivity index (χ4n) is 1.26.